The highest BCUT2D eigenvalue weighted by atomic mass is 15.3. The molecule has 1 N–H and O–H groups in total. The molecule has 2 rings (SSSR count). The van der Waals surface area contributed by atoms with E-state index in [1.165, 1.54) is 0 Å². The van der Waals surface area contributed by atoms with Gasteiger partial charge in [0, 0.05) is 7.05 Å². The van der Waals surface area contributed by atoms with Crippen molar-refractivity contribution in [2.45, 2.75) is 20.4 Å². The molecule has 18 heavy (non-hydrogen) atoms. The van der Waals surface area contributed by atoms with Gasteiger partial charge in [0.25, 0.3) is 0 Å². The number of nitrogens with zero attached hydrogens (tertiary/aromatic N) is 6. The first-order chi connectivity index (χ1) is 8.61. The number of anilines is 1. The van der Waals surface area contributed by atoms with Gasteiger partial charge in [-0.2, -0.15) is 15.5 Å². The summed E-state index contributed by atoms with van der Waals surface area (Å²) in [5, 5.41) is 24.3. The lowest BCUT2D eigenvalue weighted by molar-refractivity contribution is 0.746. The molecule has 0 aliphatic carbocycles. The summed E-state index contributed by atoms with van der Waals surface area (Å²) < 4.78 is 1.62. The Balaban J connectivity index is 2.20. The summed E-state index contributed by atoms with van der Waals surface area (Å²) in [7, 11) is 1.80. The third-order valence-corrected chi connectivity index (χ3v) is 2.63. The Morgan fingerprint density at radius 3 is 2.78 bits per heavy atom. The summed E-state index contributed by atoms with van der Waals surface area (Å²) in [5.41, 5.74) is 2.11. The largest absolute Gasteiger partial charge is 0.360 e. The van der Waals surface area contributed by atoms with Gasteiger partial charge >= 0.3 is 0 Å². The van der Waals surface area contributed by atoms with Crippen molar-refractivity contribution in [2.24, 2.45) is 7.05 Å². The zero-order valence-electron chi connectivity index (χ0n) is 10.5. The first kappa shape index (κ1) is 12.0. The summed E-state index contributed by atoms with van der Waals surface area (Å²) in [6.45, 7) is 4.09. The SMILES string of the molecule is Cc1nnc(NCc2ncn(C)n2)c(C#N)c1C. The number of rotatable bonds is 3. The Morgan fingerprint density at radius 2 is 2.17 bits per heavy atom. The molecule has 2 aromatic heterocycles. The molecule has 2 heterocycles. The molecule has 0 saturated carbocycles. The maximum Gasteiger partial charge on any atom is 0.169 e. The Bertz CT molecular complexity index is 608. The molecule has 0 bridgehead atoms. The van der Waals surface area contributed by atoms with E-state index in [1.807, 2.05) is 13.8 Å². The van der Waals surface area contributed by atoms with Crippen molar-refractivity contribution in [2.75, 3.05) is 5.32 Å². The maximum atomic E-state index is 9.13. The Labute approximate surface area is 104 Å². The standard InChI is InChI=1S/C11H13N7/c1-7-8(2)15-16-11(9(7)4-12)13-5-10-14-6-18(3)17-10/h6H,5H2,1-3H3,(H,13,16). The lowest BCUT2D eigenvalue weighted by atomic mass is 10.1. The van der Waals surface area contributed by atoms with Crippen LogP contribution in [0.2, 0.25) is 0 Å². The van der Waals surface area contributed by atoms with E-state index in [-0.39, 0.29) is 0 Å². The van der Waals surface area contributed by atoms with Crippen molar-refractivity contribution in [3.05, 3.63) is 29.0 Å². The molecule has 0 spiro atoms. The van der Waals surface area contributed by atoms with Crippen LogP contribution in [0, 0.1) is 25.2 Å². The minimum Gasteiger partial charge on any atom is -0.360 e. The topological polar surface area (TPSA) is 92.3 Å². The maximum absolute atomic E-state index is 9.13. The van der Waals surface area contributed by atoms with Crippen molar-refractivity contribution >= 4 is 5.82 Å². The second-order valence-corrected chi connectivity index (χ2v) is 3.93. The second-order valence-electron chi connectivity index (χ2n) is 3.93. The van der Waals surface area contributed by atoms with Gasteiger partial charge in [0.15, 0.2) is 11.6 Å². The van der Waals surface area contributed by atoms with Gasteiger partial charge in [-0.05, 0) is 19.4 Å². The number of aromatic nitrogens is 5. The molecule has 0 unspecified atom stereocenters. The van der Waals surface area contributed by atoms with Gasteiger partial charge in [-0.1, -0.05) is 0 Å². The molecule has 92 valence electrons. The van der Waals surface area contributed by atoms with Gasteiger partial charge in [0.2, 0.25) is 0 Å². The quantitative estimate of drug-likeness (QED) is 0.853. The van der Waals surface area contributed by atoms with E-state index < -0.39 is 0 Å². The van der Waals surface area contributed by atoms with E-state index in [4.69, 9.17) is 5.26 Å². The Morgan fingerprint density at radius 1 is 1.39 bits per heavy atom. The van der Waals surface area contributed by atoms with Crippen LogP contribution in [0.1, 0.15) is 22.6 Å². The van der Waals surface area contributed by atoms with Gasteiger partial charge < -0.3 is 5.32 Å². The van der Waals surface area contributed by atoms with Gasteiger partial charge in [-0.3, -0.25) is 4.68 Å². The van der Waals surface area contributed by atoms with Crippen LogP contribution < -0.4 is 5.32 Å². The summed E-state index contributed by atoms with van der Waals surface area (Å²) in [6, 6.07) is 2.14. The monoisotopic (exact) mass is 243 g/mol. The van der Waals surface area contributed by atoms with Crippen LogP contribution in [0.4, 0.5) is 5.82 Å². The Kier molecular flexibility index (Phi) is 3.19. The van der Waals surface area contributed by atoms with Crippen LogP contribution in [0.5, 0.6) is 0 Å². The van der Waals surface area contributed by atoms with E-state index >= 15 is 0 Å². The van der Waals surface area contributed by atoms with Crippen molar-refractivity contribution in [3.63, 3.8) is 0 Å². The van der Waals surface area contributed by atoms with Crippen molar-refractivity contribution in [1.82, 2.24) is 25.0 Å². The van der Waals surface area contributed by atoms with Crippen molar-refractivity contribution in [1.29, 1.82) is 5.26 Å². The third-order valence-electron chi connectivity index (χ3n) is 2.63. The van der Waals surface area contributed by atoms with Gasteiger partial charge in [0.1, 0.15) is 18.0 Å². The van der Waals surface area contributed by atoms with Gasteiger partial charge in [-0.15, -0.1) is 5.10 Å². The lowest BCUT2D eigenvalue weighted by Gasteiger charge is -2.07. The smallest absolute Gasteiger partial charge is 0.169 e. The Hall–Kier alpha value is -2.49. The van der Waals surface area contributed by atoms with Crippen molar-refractivity contribution in [3.8, 4) is 6.07 Å². The van der Waals surface area contributed by atoms with Crippen molar-refractivity contribution < 1.29 is 0 Å². The molecule has 7 heteroatoms. The van der Waals surface area contributed by atoms with Crippen LogP contribution in [0.3, 0.4) is 0 Å². The minimum absolute atomic E-state index is 0.409. The second kappa shape index (κ2) is 4.79. The predicted octanol–water partition coefficient (Wildman–Crippen LogP) is 0.706. The fourth-order valence-corrected chi connectivity index (χ4v) is 1.50. The normalized spacial score (nSPS) is 10.1. The molecule has 0 saturated heterocycles. The highest BCUT2D eigenvalue weighted by Crippen LogP contribution is 2.17. The molecule has 0 aliphatic heterocycles. The first-order valence-corrected chi connectivity index (χ1v) is 5.44. The number of nitrogens with one attached hydrogen (secondary N) is 1. The summed E-state index contributed by atoms with van der Waals surface area (Å²) in [6.07, 6.45) is 1.62. The van der Waals surface area contributed by atoms with E-state index in [2.05, 4.69) is 31.7 Å². The first-order valence-electron chi connectivity index (χ1n) is 5.44. The van der Waals surface area contributed by atoms with Crippen LogP contribution in [-0.4, -0.2) is 25.0 Å². The average Bonchev–Trinajstić information content (AvgIpc) is 2.77. The minimum atomic E-state index is 0.409. The number of nitriles is 1. The molecule has 0 aliphatic rings. The summed E-state index contributed by atoms with van der Waals surface area (Å²) >= 11 is 0. The van der Waals surface area contributed by atoms with Crippen LogP contribution in [-0.2, 0) is 13.6 Å². The fraction of sp³-hybridized carbons (Fsp3) is 0.364. The third kappa shape index (κ3) is 2.27. The molecule has 0 fully saturated rings. The molecule has 0 atom stereocenters. The number of aryl methyl sites for hydroxylation is 2. The molecule has 2 aromatic rings. The van der Waals surface area contributed by atoms with Crippen LogP contribution >= 0.6 is 0 Å². The van der Waals surface area contributed by atoms with Gasteiger partial charge in [-0.25, -0.2) is 4.98 Å². The molecule has 0 amide bonds. The van der Waals surface area contributed by atoms with E-state index in [0.29, 0.717) is 23.8 Å². The number of hydrogen-bond donors (Lipinski definition) is 1. The fourth-order valence-electron chi connectivity index (χ4n) is 1.50. The van der Waals surface area contributed by atoms with Crippen LogP contribution in [0.25, 0.3) is 0 Å². The highest BCUT2D eigenvalue weighted by Gasteiger charge is 2.10. The number of hydrogen-bond acceptors (Lipinski definition) is 6. The zero-order valence-corrected chi connectivity index (χ0v) is 10.5. The molecule has 0 radical (unpaired) electrons. The van der Waals surface area contributed by atoms with Gasteiger partial charge in [0.05, 0.1) is 12.2 Å². The highest BCUT2D eigenvalue weighted by molar-refractivity contribution is 5.55. The van der Waals surface area contributed by atoms with Crippen LogP contribution in [0.15, 0.2) is 6.33 Å². The summed E-state index contributed by atoms with van der Waals surface area (Å²) in [5.74, 6) is 1.11. The average molecular weight is 243 g/mol. The molecular weight excluding hydrogens is 230 g/mol. The summed E-state index contributed by atoms with van der Waals surface area (Å²) in [4.78, 5) is 4.08. The predicted molar refractivity (Wildman–Crippen MR) is 64.6 cm³/mol. The van der Waals surface area contributed by atoms with E-state index in [1.54, 1.807) is 18.1 Å². The lowest BCUT2D eigenvalue weighted by Crippen LogP contribution is -2.08. The van der Waals surface area contributed by atoms with E-state index in [9.17, 15) is 0 Å². The molecule has 0 aromatic carbocycles. The van der Waals surface area contributed by atoms with E-state index in [0.717, 1.165) is 11.3 Å². The molecular formula is C11H13N7. The molecule has 7 nitrogen and oxygen atoms in total. The zero-order chi connectivity index (χ0) is 13.1.